The fraction of sp³-hybridized carbons (Fsp3) is 0. The van der Waals surface area contributed by atoms with Crippen LogP contribution in [0.5, 0.6) is 0 Å². The van der Waals surface area contributed by atoms with E-state index in [1.54, 1.807) is 11.3 Å². The smallest absolute Gasteiger partial charge is 0.0991 e. The molecule has 0 aliphatic heterocycles. The van der Waals surface area contributed by atoms with E-state index in [-0.39, 0.29) is 0 Å². The third-order valence-electron chi connectivity index (χ3n) is 3.57. The number of rotatable bonds is 1. The number of nitriles is 1. The molecule has 0 spiro atoms. The molecule has 3 heteroatoms. The van der Waals surface area contributed by atoms with E-state index in [4.69, 9.17) is 5.26 Å². The molecule has 0 aliphatic carbocycles. The second-order valence-electron chi connectivity index (χ2n) is 4.82. The average molecular weight is 286 g/mol. The molecule has 0 unspecified atom stereocenters. The number of hydrogen-bond donors (Lipinski definition) is 0. The van der Waals surface area contributed by atoms with Crippen LogP contribution in [-0.2, 0) is 0 Å². The first-order valence-electron chi connectivity index (χ1n) is 6.63. The normalized spacial score (nSPS) is 10.8. The van der Waals surface area contributed by atoms with Crippen LogP contribution in [0.2, 0.25) is 0 Å². The minimum atomic E-state index is 0.699. The van der Waals surface area contributed by atoms with E-state index in [2.05, 4.69) is 29.3 Å². The summed E-state index contributed by atoms with van der Waals surface area (Å²) in [4.78, 5) is 4.46. The second kappa shape index (κ2) is 4.69. The summed E-state index contributed by atoms with van der Waals surface area (Å²) in [5.41, 5.74) is 2.83. The zero-order valence-electron chi connectivity index (χ0n) is 11.1. The summed E-state index contributed by atoms with van der Waals surface area (Å²) >= 11 is 1.75. The summed E-state index contributed by atoms with van der Waals surface area (Å²) in [6, 6.07) is 20.3. The molecule has 2 aromatic heterocycles. The number of nitrogens with zero attached hydrogens (tertiary/aromatic N) is 2. The number of thiophene rings is 1. The molecular weight excluding hydrogens is 276 g/mol. The van der Waals surface area contributed by atoms with E-state index in [0.717, 1.165) is 16.6 Å². The lowest BCUT2D eigenvalue weighted by molar-refractivity contribution is 1.33. The first-order chi connectivity index (χ1) is 10.4. The zero-order valence-corrected chi connectivity index (χ0v) is 11.9. The number of pyridine rings is 1. The standard InChI is InChI=1S/C18H10N2S/c19-11-12-7-8-17-15(10-12)13-4-3-5-14(18(13)21-17)16-6-1-2-9-20-16/h1-10H. The highest BCUT2D eigenvalue weighted by Crippen LogP contribution is 2.39. The lowest BCUT2D eigenvalue weighted by atomic mass is 10.1. The minimum Gasteiger partial charge on any atom is -0.256 e. The number of fused-ring (bicyclic) bond motifs is 3. The summed E-state index contributed by atoms with van der Waals surface area (Å²) in [6.07, 6.45) is 1.81. The molecule has 4 aromatic rings. The lowest BCUT2D eigenvalue weighted by Gasteiger charge is -2.01. The number of aromatic nitrogens is 1. The van der Waals surface area contributed by atoms with E-state index in [9.17, 15) is 0 Å². The topological polar surface area (TPSA) is 36.7 Å². The molecule has 2 aromatic carbocycles. The van der Waals surface area contributed by atoms with E-state index in [0.29, 0.717) is 5.56 Å². The Hall–Kier alpha value is -2.70. The van der Waals surface area contributed by atoms with Crippen molar-refractivity contribution in [2.45, 2.75) is 0 Å². The van der Waals surface area contributed by atoms with Gasteiger partial charge in [-0.3, -0.25) is 4.98 Å². The van der Waals surface area contributed by atoms with Gasteiger partial charge in [-0.2, -0.15) is 5.26 Å². The molecule has 0 radical (unpaired) electrons. The van der Waals surface area contributed by atoms with E-state index >= 15 is 0 Å². The Morgan fingerprint density at radius 2 is 1.90 bits per heavy atom. The first kappa shape index (κ1) is 12.1. The van der Waals surface area contributed by atoms with Gasteiger partial charge in [0, 0.05) is 31.9 Å². The summed E-state index contributed by atoms with van der Waals surface area (Å²) in [5.74, 6) is 0. The van der Waals surface area contributed by atoms with Crippen LogP contribution in [0.4, 0.5) is 0 Å². The van der Waals surface area contributed by atoms with Gasteiger partial charge in [-0.25, -0.2) is 0 Å². The van der Waals surface area contributed by atoms with Crippen LogP contribution < -0.4 is 0 Å². The molecule has 21 heavy (non-hydrogen) atoms. The van der Waals surface area contributed by atoms with Crippen molar-refractivity contribution in [1.29, 1.82) is 5.26 Å². The van der Waals surface area contributed by atoms with Gasteiger partial charge in [-0.1, -0.05) is 24.3 Å². The van der Waals surface area contributed by atoms with Gasteiger partial charge in [0.2, 0.25) is 0 Å². The van der Waals surface area contributed by atoms with Gasteiger partial charge < -0.3 is 0 Å². The molecule has 0 fully saturated rings. The molecular formula is C18H10N2S. The summed E-state index contributed by atoms with van der Waals surface area (Å²) in [5, 5.41) is 11.4. The van der Waals surface area contributed by atoms with Gasteiger partial charge in [0.15, 0.2) is 0 Å². The Bertz CT molecular complexity index is 994. The van der Waals surface area contributed by atoms with Gasteiger partial charge in [0.1, 0.15) is 0 Å². The SMILES string of the molecule is N#Cc1ccc2sc3c(-c4ccccn4)cccc3c2c1. The average Bonchev–Trinajstić information content (AvgIpc) is 2.93. The second-order valence-corrected chi connectivity index (χ2v) is 5.87. The maximum absolute atomic E-state index is 9.08. The van der Waals surface area contributed by atoms with Crippen molar-refractivity contribution < 1.29 is 0 Å². The third kappa shape index (κ3) is 1.89. The number of hydrogen-bond acceptors (Lipinski definition) is 3. The fourth-order valence-corrected chi connectivity index (χ4v) is 3.80. The highest BCUT2D eigenvalue weighted by molar-refractivity contribution is 7.26. The Morgan fingerprint density at radius 1 is 0.952 bits per heavy atom. The third-order valence-corrected chi connectivity index (χ3v) is 4.79. The predicted molar refractivity (Wildman–Crippen MR) is 87.3 cm³/mol. The molecule has 4 rings (SSSR count). The maximum Gasteiger partial charge on any atom is 0.0991 e. The summed E-state index contributed by atoms with van der Waals surface area (Å²) in [7, 11) is 0. The predicted octanol–water partition coefficient (Wildman–Crippen LogP) is 4.99. The van der Waals surface area contributed by atoms with Crippen LogP contribution in [-0.4, -0.2) is 4.98 Å². The highest BCUT2D eigenvalue weighted by atomic mass is 32.1. The Kier molecular flexibility index (Phi) is 2.70. The molecule has 2 nitrogen and oxygen atoms in total. The van der Waals surface area contributed by atoms with Crippen LogP contribution in [0.3, 0.4) is 0 Å². The minimum absolute atomic E-state index is 0.699. The zero-order chi connectivity index (χ0) is 14.2. The fourth-order valence-electron chi connectivity index (χ4n) is 2.59. The Balaban J connectivity index is 2.09. The van der Waals surface area contributed by atoms with Crippen molar-refractivity contribution in [3.05, 3.63) is 66.4 Å². The molecule has 0 amide bonds. The Labute approximate surface area is 125 Å². The van der Waals surface area contributed by atoms with Crippen molar-refractivity contribution >= 4 is 31.5 Å². The summed E-state index contributed by atoms with van der Waals surface area (Å²) in [6.45, 7) is 0. The molecule has 0 aliphatic rings. The molecule has 0 saturated heterocycles. The van der Waals surface area contributed by atoms with E-state index in [1.807, 2.05) is 42.6 Å². The van der Waals surface area contributed by atoms with Crippen LogP contribution in [0.15, 0.2) is 60.8 Å². The van der Waals surface area contributed by atoms with Crippen LogP contribution in [0, 0.1) is 11.3 Å². The largest absolute Gasteiger partial charge is 0.256 e. The molecule has 0 saturated carbocycles. The number of benzene rings is 2. The molecule has 0 bridgehead atoms. The van der Waals surface area contributed by atoms with Crippen molar-refractivity contribution in [2.75, 3.05) is 0 Å². The van der Waals surface area contributed by atoms with Crippen molar-refractivity contribution in [2.24, 2.45) is 0 Å². The van der Waals surface area contributed by atoms with Crippen LogP contribution >= 0.6 is 11.3 Å². The van der Waals surface area contributed by atoms with E-state index < -0.39 is 0 Å². The van der Waals surface area contributed by atoms with Gasteiger partial charge in [-0.15, -0.1) is 11.3 Å². The molecule has 0 N–H and O–H groups in total. The van der Waals surface area contributed by atoms with E-state index in [1.165, 1.54) is 14.8 Å². The quantitative estimate of drug-likeness (QED) is 0.494. The van der Waals surface area contributed by atoms with Gasteiger partial charge in [0.25, 0.3) is 0 Å². The monoisotopic (exact) mass is 286 g/mol. The molecule has 2 heterocycles. The summed E-state index contributed by atoms with van der Waals surface area (Å²) < 4.78 is 2.42. The van der Waals surface area contributed by atoms with Gasteiger partial charge in [-0.05, 0) is 30.3 Å². The highest BCUT2D eigenvalue weighted by Gasteiger charge is 2.11. The van der Waals surface area contributed by atoms with Crippen molar-refractivity contribution in [3.8, 4) is 17.3 Å². The van der Waals surface area contributed by atoms with Gasteiger partial charge in [0.05, 0.1) is 17.3 Å². The Morgan fingerprint density at radius 3 is 2.71 bits per heavy atom. The van der Waals surface area contributed by atoms with Gasteiger partial charge >= 0.3 is 0 Å². The molecule has 0 atom stereocenters. The molecule has 98 valence electrons. The maximum atomic E-state index is 9.08. The van der Waals surface area contributed by atoms with Crippen molar-refractivity contribution in [3.63, 3.8) is 0 Å². The van der Waals surface area contributed by atoms with Crippen molar-refractivity contribution in [1.82, 2.24) is 4.98 Å². The van der Waals surface area contributed by atoms with Crippen LogP contribution in [0.25, 0.3) is 31.4 Å². The lowest BCUT2D eigenvalue weighted by Crippen LogP contribution is -1.81. The first-order valence-corrected chi connectivity index (χ1v) is 7.45. The van der Waals surface area contributed by atoms with Crippen LogP contribution in [0.1, 0.15) is 5.56 Å².